The predicted molar refractivity (Wildman–Crippen MR) is 181 cm³/mol. The number of aromatic nitrogens is 5. The summed E-state index contributed by atoms with van der Waals surface area (Å²) >= 11 is 0. The number of nitrogens with zero attached hydrogens (tertiary/aromatic N) is 5. The molecule has 1 N–H and O–H groups in total. The summed E-state index contributed by atoms with van der Waals surface area (Å²) in [5.41, 5.74) is 6.73. The van der Waals surface area contributed by atoms with Crippen molar-refractivity contribution >= 4 is 17.6 Å². The van der Waals surface area contributed by atoms with Crippen LogP contribution in [0.25, 0.3) is 45.2 Å². The lowest BCUT2D eigenvalue weighted by molar-refractivity contribution is 0.0377. The molecule has 6 rings (SSSR count). The van der Waals surface area contributed by atoms with Crippen molar-refractivity contribution in [2.24, 2.45) is 0 Å². The highest BCUT2D eigenvalue weighted by molar-refractivity contribution is 5.83. The Morgan fingerprint density at radius 2 is 1.59 bits per heavy atom. The molecule has 1 aliphatic carbocycles. The number of rotatable bonds is 7. The molecule has 0 aliphatic heterocycles. The van der Waals surface area contributed by atoms with E-state index in [-0.39, 0.29) is 0 Å². The van der Waals surface area contributed by atoms with Gasteiger partial charge in [-0.05, 0) is 91.5 Å². The highest BCUT2D eigenvalue weighted by Gasteiger charge is 2.41. The lowest BCUT2D eigenvalue weighted by atomic mass is 9.71. The van der Waals surface area contributed by atoms with Crippen molar-refractivity contribution < 1.29 is 14.3 Å². The molecule has 3 heterocycles. The third kappa shape index (κ3) is 6.27. The maximum absolute atomic E-state index is 12.7. The normalized spacial score (nSPS) is 14.5. The number of alkyl carbamates (subject to hydrolysis) is 1. The van der Waals surface area contributed by atoms with Crippen molar-refractivity contribution in [2.75, 3.05) is 0 Å². The van der Waals surface area contributed by atoms with E-state index in [1.54, 1.807) is 10.9 Å². The van der Waals surface area contributed by atoms with Crippen LogP contribution in [0.5, 0.6) is 0 Å². The molecular weight excluding hydrogens is 576 g/mol. The maximum atomic E-state index is 12.7. The number of nitrogens with one attached hydrogen (secondary N) is 1. The van der Waals surface area contributed by atoms with E-state index < -0.39 is 22.8 Å². The van der Waals surface area contributed by atoms with Crippen molar-refractivity contribution in [3.63, 3.8) is 0 Å². The molecule has 0 unspecified atom stereocenters. The van der Waals surface area contributed by atoms with Gasteiger partial charge in [-0.3, -0.25) is 0 Å². The second-order valence-electron chi connectivity index (χ2n) is 14.0. The molecule has 0 saturated heterocycles. The molecule has 0 atom stereocenters. The number of carbonyl (C=O) groups is 1. The lowest BCUT2D eigenvalue weighted by Crippen LogP contribution is -2.52. The summed E-state index contributed by atoms with van der Waals surface area (Å²) in [7, 11) is 0. The molecule has 3 aromatic heterocycles. The molecule has 1 saturated carbocycles. The summed E-state index contributed by atoms with van der Waals surface area (Å²) in [5, 5.41) is 12.9. The van der Waals surface area contributed by atoms with Crippen LogP contribution in [0.2, 0.25) is 0 Å². The topological polar surface area (TPSA) is 95.6 Å². The zero-order valence-electron chi connectivity index (χ0n) is 27.7. The molecule has 1 aliphatic rings. The van der Waals surface area contributed by atoms with Gasteiger partial charge in [0.05, 0.1) is 28.8 Å². The van der Waals surface area contributed by atoms with Crippen molar-refractivity contribution in [3.05, 3.63) is 90.9 Å². The maximum Gasteiger partial charge on any atom is 0.408 e. The van der Waals surface area contributed by atoms with Crippen LogP contribution in [-0.4, -0.2) is 41.7 Å². The summed E-state index contributed by atoms with van der Waals surface area (Å²) in [6.45, 7) is 17.6. The number of hydrogen-bond acceptors (Lipinski definition) is 6. The first kappa shape index (κ1) is 31.1. The molecule has 238 valence electrons. The number of carbonyl (C=O) groups excluding carboxylic acids is 1. The molecular formula is C37H42N6O3. The van der Waals surface area contributed by atoms with Crippen molar-refractivity contribution in [1.82, 2.24) is 29.7 Å². The Morgan fingerprint density at radius 1 is 0.913 bits per heavy atom. The molecule has 9 nitrogen and oxygen atoms in total. The van der Waals surface area contributed by atoms with E-state index in [1.807, 2.05) is 77.4 Å². The summed E-state index contributed by atoms with van der Waals surface area (Å²) in [6, 6.07) is 20.7. The van der Waals surface area contributed by atoms with Gasteiger partial charge in [0.25, 0.3) is 0 Å². The van der Waals surface area contributed by atoms with Gasteiger partial charge in [-0.15, -0.1) is 0 Å². The van der Waals surface area contributed by atoms with Crippen molar-refractivity contribution in [2.45, 2.75) is 84.5 Å². The number of hydrogen-bond donors (Lipinski definition) is 1. The fourth-order valence-corrected chi connectivity index (χ4v) is 5.91. The van der Waals surface area contributed by atoms with Crippen LogP contribution in [0.15, 0.2) is 79.6 Å². The monoisotopic (exact) mass is 618 g/mol. The Kier molecular flexibility index (Phi) is 7.74. The van der Waals surface area contributed by atoms with E-state index in [0.29, 0.717) is 5.88 Å². The van der Waals surface area contributed by atoms with Crippen LogP contribution >= 0.6 is 0 Å². The Morgan fingerprint density at radius 3 is 2.20 bits per heavy atom. The molecule has 0 radical (unpaired) electrons. The number of aryl methyl sites for hydroxylation is 1. The van der Waals surface area contributed by atoms with Gasteiger partial charge in [0.2, 0.25) is 5.88 Å². The molecule has 0 spiro atoms. The minimum atomic E-state index is -0.561. The van der Waals surface area contributed by atoms with Crippen LogP contribution in [0.3, 0.4) is 0 Å². The molecule has 5 aromatic rings. The van der Waals surface area contributed by atoms with E-state index >= 15 is 0 Å². The fraction of sp³-hybridized carbons (Fsp3) is 0.351. The standard InChI is InChI=1S/C37H42N6O3/c1-24-33(28-22-38-42(23-28)25(2)45-35(3,4)5)43-31(39-24)21-30(26-13-10-9-11-14-26)32(41-43)27-15-17-29(18-16-27)37(19-12-20-37)40-34(44)46-36(6,7)8/h9-11,13-18,21-23H,2,12,19-20H2,1,3-8H3,(H,40,44). The van der Waals surface area contributed by atoms with E-state index in [2.05, 4.69) is 59.5 Å². The molecule has 1 fully saturated rings. The predicted octanol–water partition coefficient (Wildman–Crippen LogP) is 8.38. The second kappa shape index (κ2) is 11.5. The highest BCUT2D eigenvalue weighted by atomic mass is 16.6. The number of amides is 1. The molecule has 1 amide bonds. The Bertz CT molecular complexity index is 1900. The van der Waals surface area contributed by atoms with Gasteiger partial charge in [0.1, 0.15) is 11.2 Å². The van der Waals surface area contributed by atoms with Gasteiger partial charge in [-0.1, -0.05) is 54.6 Å². The largest absolute Gasteiger partial charge is 0.472 e. The van der Waals surface area contributed by atoms with E-state index in [1.165, 1.54) is 0 Å². The molecule has 46 heavy (non-hydrogen) atoms. The average Bonchev–Trinajstić information content (AvgIpc) is 3.56. The minimum Gasteiger partial charge on any atom is -0.472 e. The Labute approximate surface area is 270 Å². The van der Waals surface area contributed by atoms with Crippen LogP contribution in [0, 0.1) is 6.92 Å². The van der Waals surface area contributed by atoms with Crippen LogP contribution in [-0.2, 0) is 15.0 Å². The number of imidazole rings is 1. The van der Waals surface area contributed by atoms with E-state index in [4.69, 9.17) is 19.6 Å². The fourth-order valence-electron chi connectivity index (χ4n) is 5.91. The van der Waals surface area contributed by atoms with Crippen LogP contribution in [0.1, 0.15) is 72.1 Å². The smallest absolute Gasteiger partial charge is 0.408 e. The summed E-state index contributed by atoms with van der Waals surface area (Å²) in [6.07, 6.45) is 6.05. The van der Waals surface area contributed by atoms with Crippen molar-refractivity contribution in [1.29, 1.82) is 0 Å². The van der Waals surface area contributed by atoms with E-state index in [9.17, 15) is 4.79 Å². The summed E-state index contributed by atoms with van der Waals surface area (Å²) in [4.78, 5) is 17.6. The quantitative estimate of drug-likeness (QED) is 0.184. The van der Waals surface area contributed by atoms with Gasteiger partial charge >= 0.3 is 6.09 Å². The first-order chi connectivity index (χ1) is 21.7. The van der Waals surface area contributed by atoms with Gasteiger partial charge < -0.3 is 14.8 Å². The summed E-state index contributed by atoms with van der Waals surface area (Å²) in [5.74, 6) is 0.440. The van der Waals surface area contributed by atoms with Gasteiger partial charge in [0.15, 0.2) is 5.65 Å². The number of fused-ring (bicyclic) bond motifs is 1. The second-order valence-corrected chi connectivity index (χ2v) is 14.0. The van der Waals surface area contributed by atoms with Crippen LogP contribution < -0.4 is 5.32 Å². The Hall–Kier alpha value is -4.92. The highest BCUT2D eigenvalue weighted by Crippen LogP contribution is 2.42. The van der Waals surface area contributed by atoms with Crippen molar-refractivity contribution in [3.8, 4) is 33.6 Å². The zero-order chi connectivity index (χ0) is 32.9. The first-order valence-corrected chi connectivity index (χ1v) is 15.7. The SMILES string of the molecule is C=C(OC(C)(C)C)n1cc(-c2c(C)nc3cc(-c4ccccc4)c(-c4ccc(C5(NC(=O)OC(C)(C)C)CCC5)cc4)nn23)cn1. The average molecular weight is 619 g/mol. The van der Waals surface area contributed by atoms with E-state index in [0.717, 1.165) is 69.8 Å². The third-order valence-electron chi connectivity index (χ3n) is 8.06. The lowest BCUT2D eigenvalue weighted by Gasteiger charge is -2.43. The summed E-state index contributed by atoms with van der Waals surface area (Å²) < 4.78 is 15.1. The van der Waals surface area contributed by atoms with Gasteiger partial charge in [-0.25, -0.2) is 19.0 Å². The van der Waals surface area contributed by atoms with Gasteiger partial charge in [-0.2, -0.15) is 10.2 Å². The molecule has 2 aromatic carbocycles. The third-order valence-corrected chi connectivity index (χ3v) is 8.06. The Balaban J connectivity index is 1.41. The first-order valence-electron chi connectivity index (χ1n) is 15.7. The zero-order valence-corrected chi connectivity index (χ0v) is 27.7. The number of ether oxygens (including phenoxy) is 2. The minimum absolute atomic E-state index is 0.394. The van der Waals surface area contributed by atoms with Gasteiger partial charge in [0, 0.05) is 22.9 Å². The number of benzene rings is 2. The van der Waals surface area contributed by atoms with Crippen LogP contribution in [0.4, 0.5) is 4.79 Å². The molecule has 0 bridgehead atoms. The molecule has 9 heteroatoms.